The lowest BCUT2D eigenvalue weighted by molar-refractivity contribution is -0.859. The first kappa shape index (κ1) is 33.5. The highest BCUT2D eigenvalue weighted by Crippen LogP contribution is 2.24. The number of aryl methyl sites for hydroxylation is 1. The zero-order valence-electron chi connectivity index (χ0n) is 25.1. The quantitative estimate of drug-likeness (QED) is 0.199. The normalized spacial score (nSPS) is 13.9. The van der Waals surface area contributed by atoms with Crippen molar-refractivity contribution >= 4 is 11.8 Å². The van der Waals surface area contributed by atoms with E-state index in [0.717, 1.165) is 36.6 Å². The van der Waals surface area contributed by atoms with Crippen LogP contribution in [0.4, 0.5) is 8.78 Å². The first-order valence-corrected chi connectivity index (χ1v) is 14.6. The Bertz CT molecular complexity index is 1420. The molecular formula is C34H41F2N4O3+. The van der Waals surface area contributed by atoms with E-state index in [1.165, 1.54) is 0 Å². The summed E-state index contributed by atoms with van der Waals surface area (Å²) in [6.45, 7) is 6.56. The average molecular weight is 592 g/mol. The molecule has 0 heterocycles. The Balaban J connectivity index is 2.03. The maximum atomic E-state index is 14.5. The van der Waals surface area contributed by atoms with E-state index in [9.17, 15) is 28.7 Å². The van der Waals surface area contributed by atoms with E-state index >= 15 is 0 Å². The van der Waals surface area contributed by atoms with Crippen LogP contribution in [0.3, 0.4) is 0 Å². The molecule has 0 spiro atoms. The monoisotopic (exact) mass is 591 g/mol. The standard InChI is InChI=1S/C34H41F2N4O3/c1-4-12-39(13-5-2)33(42)27-15-24(3)16-28(20-27)34(43)40(14-11-37,22-25-9-7-6-8-10-25)23-32(41)31(38)19-26-17-29(35)21-30(36)18-26/h6-10,15-18,20-21,31-32,41H,4-5,12-14,19,22-23,38H2,1-3H3/q+1/t31-,32+,40?/m0/s1. The fourth-order valence-electron chi connectivity index (χ4n) is 5.45. The summed E-state index contributed by atoms with van der Waals surface area (Å²) < 4.78 is 27.1. The van der Waals surface area contributed by atoms with E-state index in [4.69, 9.17) is 5.73 Å². The molecule has 9 heteroatoms. The Hall–Kier alpha value is -3.97. The second-order valence-corrected chi connectivity index (χ2v) is 11.2. The number of nitrogens with zero attached hydrogens (tertiary/aromatic N) is 3. The van der Waals surface area contributed by atoms with Crippen molar-refractivity contribution in [3.63, 3.8) is 0 Å². The predicted octanol–water partition coefficient (Wildman–Crippen LogP) is 5.15. The number of carbonyl (C=O) groups is 2. The molecule has 0 aliphatic rings. The molecule has 1 unspecified atom stereocenters. The van der Waals surface area contributed by atoms with Crippen LogP contribution in [0.5, 0.6) is 0 Å². The van der Waals surface area contributed by atoms with Gasteiger partial charge < -0.3 is 15.7 Å². The molecule has 0 saturated heterocycles. The number of rotatable bonds is 14. The molecule has 0 aliphatic heterocycles. The van der Waals surface area contributed by atoms with Gasteiger partial charge in [0.15, 0.2) is 6.54 Å². The van der Waals surface area contributed by atoms with Crippen LogP contribution in [0.1, 0.15) is 64.1 Å². The number of aliphatic hydroxyl groups excluding tert-OH is 1. The number of aliphatic hydroxyl groups is 1. The minimum absolute atomic E-state index is 0.0459. The average Bonchev–Trinajstić information content (AvgIpc) is 2.96. The SMILES string of the molecule is CCCN(CCC)C(=O)c1cc(C)cc(C(=O)[N+](CC#N)(Cc2ccccc2)C[C@@H](O)[C@@H](N)Cc2cc(F)cc(F)c2)c1. The molecular weight excluding hydrogens is 550 g/mol. The van der Waals surface area contributed by atoms with Crippen molar-refractivity contribution in [2.75, 3.05) is 26.2 Å². The maximum absolute atomic E-state index is 14.5. The van der Waals surface area contributed by atoms with Crippen LogP contribution in [0.25, 0.3) is 0 Å². The number of amides is 2. The largest absolute Gasteiger partial charge is 0.386 e. The number of halogens is 2. The minimum atomic E-state index is -1.30. The second-order valence-electron chi connectivity index (χ2n) is 11.2. The molecule has 228 valence electrons. The zero-order valence-corrected chi connectivity index (χ0v) is 25.1. The summed E-state index contributed by atoms with van der Waals surface area (Å²) in [5.41, 5.74) is 8.68. The molecule has 43 heavy (non-hydrogen) atoms. The third-order valence-corrected chi connectivity index (χ3v) is 7.40. The van der Waals surface area contributed by atoms with Gasteiger partial charge in [0, 0.05) is 36.3 Å². The summed E-state index contributed by atoms with van der Waals surface area (Å²) in [6.07, 6.45) is 0.240. The second kappa shape index (κ2) is 15.5. The fourth-order valence-corrected chi connectivity index (χ4v) is 5.45. The minimum Gasteiger partial charge on any atom is -0.386 e. The molecule has 0 fully saturated rings. The van der Waals surface area contributed by atoms with E-state index < -0.39 is 34.2 Å². The van der Waals surface area contributed by atoms with Gasteiger partial charge in [-0.25, -0.2) is 18.1 Å². The topological polar surface area (TPSA) is 107 Å². The number of carbonyl (C=O) groups excluding carboxylic acids is 2. The molecule has 2 amide bonds. The van der Waals surface area contributed by atoms with Crippen molar-refractivity contribution in [2.45, 2.75) is 58.7 Å². The molecule has 0 aliphatic carbocycles. The Labute approximate surface area is 252 Å². The first-order valence-electron chi connectivity index (χ1n) is 14.6. The number of hydrogen-bond donors (Lipinski definition) is 2. The Morgan fingerprint density at radius 3 is 2.14 bits per heavy atom. The zero-order chi connectivity index (χ0) is 31.6. The smallest absolute Gasteiger partial charge is 0.347 e. The van der Waals surface area contributed by atoms with Gasteiger partial charge in [-0.1, -0.05) is 44.2 Å². The van der Waals surface area contributed by atoms with Crippen LogP contribution in [0.15, 0.2) is 66.7 Å². The Kier molecular flexibility index (Phi) is 12.1. The summed E-state index contributed by atoms with van der Waals surface area (Å²) in [4.78, 5) is 29.7. The molecule has 0 radical (unpaired) electrons. The van der Waals surface area contributed by atoms with E-state index in [-0.39, 0.29) is 43.1 Å². The molecule has 0 bridgehead atoms. The molecule has 0 saturated carbocycles. The van der Waals surface area contributed by atoms with Crippen LogP contribution >= 0.6 is 0 Å². The van der Waals surface area contributed by atoms with Crippen LogP contribution in [-0.4, -0.2) is 64.6 Å². The third kappa shape index (κ3) is 9.01. The highest BCUT2D eigenvalue weighted by Gasteiger charge is 2.41. The van der Waals surface area contributed by atoms with Gasteiger partial charge in [-0.15, -0.1) is 0 Å². The van der Waals surface area contributed by atoms with Gasteiger partial charge in [-0.3, -0.25) is 4.79 Å². The number of benzene rings is 3. The van der Waals surface area contributed by atoms with Crippen molar-refractivity contribution in [1.82, 2.24) is 4.90 Å². The molecule has 7 nitrogen and oxygen atoms in total. The van der Waals surface area contributed by atoms with E-state index in [0.29, 0.717) is 24.2 Å². The van der Waals surface area contributed by atoms with Crippen LogP contribution in [0.2, 0.25) is 0 Å². The van der Waals surface area contributed by atoms with E-state index in [1.54, 1.807) is 30.0 Å². The molecule has 3 aromatic rings. The van der Waals surface area contributed by atoms with Crippen molar-refractivity contribution in [3.8, 4) is 6.07 Å². The van der Waals surface area contributed by atoms with Crippen molar-refractivity contribution < 1.29 is 28.0 Å². The molecule has 3 N–H and O–H groups in total. The highest BCUT2D eigenvalue weighted by atomic mass is 19.1. The molecule has 3 atom stereocenters. The van der Waals surface area contributed by atoms with Crippen LogP contribution < -0.4 is 5.73 Å². The fraction of sp³-hybridized carbons (Fsp3) is 0.382. The van der Waals surface area contributed by atoms with Gasteiger partial charge in [0.2, 0.25) is 0 Å². The number of quaternary nitrogens is 1. The molecule has 0 aromatic heterocycles. The van der Waals surface area contributed by atoms with E-state index in [2.05, 4.69) is 6.07 Å². The van der Waals surface area contributed by atoms with Gasteiger partial charge in [0.05, 0.1) is 5.56 Å². The lowest BCUT2D eigenvalue weighted by Gasteiger charge is -2.37. The Morgan fingerprint density at radius 2 is 1.56 bits per heavy atom. The van der Waals surface area contributed by atoms with Crippen molar-refractivity contribution in [1.29, 1.82) is 5.26 Å². The van der Waals surface area contributed by atoms with Gasteiger partial charge in [0.1, 0.15) is 36.9 Å². The van der Waals surface area contributed by atoms with Gasteiger partial charge in [-0.2, -0.15) is 5.26 Å². The summed E-state index contributed by atoms with van der Waals surface area (Å²) in [6, 6.07) is 18.3. The van der Waals surface area contributed by atoms with Gasteiger partial charge in [-0.05, 0) is 67.6 Å². The lowest BCUT2D eigenvalue weighted by atomic mass is 9.98. The first-order chi connectivity index (χ1) is 20.5. The van der Waals surface area contributed by atoms with Gasteiger partial charge in [0.25, 0.3) is 5.91 Å². The number of nitrogens with two attached hydrogens (primary N) is 1. The summed E-state index contributed by atoms with van der Waals surface area (Å²) in [5.74, 6) is -2.13. The highest BCUT2D eigenvalue weighted by molar-refractivity contribution is 5.98. The van der Waals surface area contributed by atoms with Crippen LogP contribution in [0, 0.1) is 29.9 Å². The van der Waals surface area contributed by atoms with Crippen molar-refractivity contribution in [3.05, 3.63) is 106 Å². The van der Waals surface area contributed by atoms with E-state index in [1.807, 2.05) is 44.2 Å². The molecule has 3 rings (SSSR count). The molecule has 3 aromatic carbocycles. The Morgan fingerprint density at radius 1 is 0.953 bits per heavy atom. The number of hydrogen-bond acceptors (Lipinski definition) is 5. The lowest BCUT2D eigenvalue weighted by Crippen LogP contribution is -2.59. The summed E-state index contributed by atoms with van der Waals surface area (Å²) >= 11 is 0. The van der Waals surface area contributed by atoms with Crippen molar-refractivity contribution in [2.24, 2.45) is 5.73 Å². The maximum Gasteiger partial charge on any atom is 0.347 e. The summed E-state index contributed by atoms with van der Waals surface area (Å²) in [5, 5.41) is 21.2. The summed E-state index contributed by atoms with van der Waals surface area (Å²) in [7, 11) is 0. The third-order valence-electron chi connectivity index (χ3n) is 7.40. The predicted molar refractivity (Wildman–Crippen MR) is 162 cm³/mol. The number of nitriles is 1. The van der Waals surface area contributed by atoms with Gasteiger partial charge >= 0.3 is 5.91 Å². The van der Waals surface area contributed by atoms with Crippen LogP contribution in [-0.2, 0) is 13.0 Å².